The number of nitrogens with zero attached hydrogens (tertiary/aromatic N) is 1. The lowest BCUT2D eigenvalue weighted by Crippen LogP contribution is -1.94. The third-order valence-corrected chi connectivity index (χ3v) is 6.70. The van der Waals surface area contributed by atoms with Crippen molar-refractivity contribution in [3.63, 3.8) is 0 Å². The van der Waals surface area contributed by atoms with Crippen LogP contribution >= 0.6 is 47.8 Å². The average molecular weight is 525 g/mol. The fraction of sp³-hybridized carbons (Fsp3) is 0.105. The van der Waals surface area contributed by atoms with E-state index >= 15 is 0 Å². The molecule has 4 aromatic rings. The summed E-state index contributed by atoms with van der Waals surface area (Å²) in [5, 5.41) is 2.21. The summed E-state index contributed by atoms with van der Waals surface area (Å²) in [6.07, 6.45) is 0.796. The highest BCUT2D eigenvalue weighted by molar-refractivity contribution is 9.11. The summed E-state index contributed by atoms with van der Waals surface area (Å²) in [4.78, 5) is 4.74. The Morgan fingerprint density at radius 1 is 1.00 bits per heavy atom. The number of anilines is 1. The first-order chi connectivity index (χ1) is 12.0. The molecule has 0 aliphatic carbocycles. The highest BCUT2D eigenvalue weighted by Gasteiger charge is 2.21. The molecule has 0 aliphatic rings. The van der Waals surface area contributed by atoms with Gasteiger partial charge in [-0.3, -0.25) is 0 Å². The van der Waals surface area contributed by atoms with Gasteiger partial charge in [0.05, 0.1) is 10.2 Å². The molecule has 0 atom stereocenters. The van der Waals surface area contributed by atoms with Crippen LogP contribution in [-0.4, -0.2) is 4.98 Å². The zero-order chi connectivity index (χ0) is 17.7. The summed E-state index contributed by atoms with van der Waals surface area (Å²) >= 11 is 10.7. The van der Waals surface area contributed by atoms with Crippen LogP contribution in [0.25, 0.3) is 33.3 Å². The van der Waals surface area contributed by atoms with Crippen molar-refractivity contribution >= 4 is 75.3 Å². The fourth-order valence-electron chi connectivity index (χ4n) is 3.05. The lowest BCUT2D eigenvalue weighted by molar-refractivity contribution is 0.616. The van der Waals surface area contributed by atoms with Gasteiger partial charge in [-0.15, -0.1) is 0 Å². The van der Waals surface area contributed by atoms with E-state index in [-0.39, 0.29) is 0 Å². The van der Waals surface area contributed by atoms with Gasteiger partial charge in [0.25, 0.3) is 0 Å². The van der Waals surface area contributed by atoms with Crippen molar-refractivity contribution in [3.05, 3.63) is 55.4 Å². The van der Waals surface area contributed by atoms with Crippen LogP contribution in [0, 0.1) is 0 Å². The molecule has 0 bridgehead atoms. The van der Waals surface area contributed by atoms with Crippen LogP contribution in [0.3, 0.4) is 0 Å². The van der Waals surface area contributed by atoms with Crippen molar-refractivity contribution in [2.24, 2.45) is 0 Å². The minimum absolute atomic E-state index is 0.589. The molecule has 126 valence electrons. The van der Waals surface area contributed by atoms with Crippen LogP contribution in [-0.2, 0) is 6.42 Å². The number of nitrogen functional groups attached to an aromatic ring is 1. The average Bonchev–Trinajstić information content (AvgIpc) is 3.05. The molecule has 1 heterocycles. The van der Waals surface area contributed by atoms with Crippen molar-refractivity contribution in [3.8, 4) is 11.5 Å². The van der Waals surface area contributed by atoms with Gasteiger partial charge in [0.1, 0.15) is 5.52 Å². The van der Waals surface area contributed by atoms with Gasteiger partial charge in [0, 0.05) is 20.1 Å². The molecule has 0 unspecified atom stereocenters. The number of benzene rings is 3. The second-order valence-electron chi connectivity index (χ2n) is 5.71. The van der Waals surface area contributed by atoms with E-state index in [9.17, 15) is 0 Å². The zero-order valence-corrected chi connectivity index (χ0v) is 18.0. The monoisotopic (exact) mass is 522 g/mol. The molecule has 2 N–H and O–H groups in total. The molecule has 25 heavy (non-hydrogen) atoms. The summed E-state index contributed by atoms with van der Waals surface area (Å²) in [6, 6.07) is 12.2. The van der Waals surface area contributed by atoms with Crippen LogP contribution in [0.2, 0.25) is 0 Å². The van der Waals surface area contributed by atoms with Gasteiger partial charge >= 0.3 is 0 Å². The smallest absolute Gasteiger partial charge is 0.227 e. The van der Waals surface area contributed by atoms with Gasteiger partial charge < -0.3 is 10.2 Å². The van der Waals surface area contributed by atoms with E-state index in [0.29, 0.717) is 11.6 Å². The predicted octanol–water partition coefficient (Wildman–Crippen LogP) is 7.08. The van der Waals surface area contributed by atoms with Crippen LogP contribution in [0.1, 0.15) is 12.5 Å². The number of aromatic nitrogens is 1. The van der Waals surface area contributed by atoms with Gasteiger partial charge in [0.2, 0.25) is 5.89 Å². The van der Waals surface area contributed by atoms with Gasteiger partial charge in [-0.2, -0.15) is 0 Å². The Hall–Kier alpha value is -1.37. The lowest BCUT2D eigenvalue weighted by atomic mass is 10.0. The van der Waals surface area contributed by atoms with E-state index in [0.717, 1.165) is 52.8 Å². The first kappa shape index (κ1) is 17.1. The summed E-state index contributed by atoms with van der Waals surface area (Å²) in [7, 11) is 0. The molecule has 0 spiro atoms. The van der Waals surface area contributed by atoms with E-state index < -0.39 is 0 Å². The Balaban J connectivity index is 2.07. The number of halogens is 3. The first-order valence-corrected chi connectivity index (χ1v) is 10.1. The third-order valence-electron chi connectivity index (χ3n) is 4.30. The largest absolute Gasteiger partial charge is 0.436 e. The van der Waals surface area contributed by atoms with Crippen molar-refractivity contribution < 1.29 is 4.42 Å². The molecule has 0 amide bonds. The zero-order valence-electron chi connectivity index (χ0n) is 13.2. The van der Waals surface area contributed by atoms with Gasteiger partial charge in [-0.05, 0) is 61.2 Å². The van der Waals surface area contributed by atoms with Crippen molar-refractivity contribution in [1.29, 1.82) is 0 Å². The van der Waals surface area contributed by atoms with Gasteiger partial charge in [0.15, 0.2) is 5.58 Å². The molecule has 0 aliphatic heterocycles. The molecule has 3 nitrogen and oxygen atoms in total. The van der Waals surface area contributed by atoms with Crippen LogP contribution < -0.4 is 5.73 Å². The number of oxazole rings is 1. The topological polar surface area (TPSA) is 52.0 Å². The highest BCUT2D eigenvalue weighted by Crippen LogP contribution is 2.42. The molecular formula is C19H13Br3N2O. The maximum absolute atomic E-state index is 6.20. The number of rotatable bonds is 2. The molecule has 4 rings (SSSR count). The number of fused-ring (bicyclic) bond motifs is 2. The minimum Gasteiger partial charge on any atom is -0.436 e. The summed E-state index contributed by atoms with van der Waals surface area (Å²) < 4.78 is 8.86. The Bertz CT molecular complexity index is 1130. The molecule has 1 aromatic heterocycles. The van der Waals surface area contributed by atoms with E-state index in [1.54, 1.807) is 0 Å². The van der Waals surface area contributed by atoms with Gasteiger partial charge in [-0.1, -0.05) is 47.1 Å². The number of hydrogen-bond acceptors (Lipinski definition) is 3. The minimum atomic E-state index is 0.589. The number of hydrogen-bond donors (Lipinski definition) is 1. The van der Waals surface area contributed by atoms with Crippen molar-refractivity contribution in [2.45, 2.75) is 13.3 Å². The molecule has 0 saturated carbocycles. The Kier molecular flexibility index (Phi) is 4.38. The van der Waals surface area contributed by atoms with E-state index in [4.69, 9.17) is 15.1 Å². The molecule has 3 aromatic carbocycles. The number of nitrogens with two attached hydrogens (primary N) is 1. The van der Waals surface area contributed by atoms with Crippen molar-refractivity contribution in [2.75, 3.05) is 5.73 Å². The molecule has 0 fully saturated rings. The van der Waals surface area contributed by atoms with Crippen LogP contribution in [0.4, 0.5) is 5.69 Å². The molecule has 0 saturated heterocycles. The van der Waals surface area contributed by atoms with Crippen LogP contribution in [0.5, 0.6) is 0 Å². The summed E-state index contributed by atoms with van der Waals surface area (Å²) in [5.74, 6) is 0.589. The van der Waals surface area contributed by atoms with Gasteiger partial charge in [-0.25, -0.2) is 4.98 Å². The van der Waals surface area contributed by atoms with Crippen molar-refractivity contribution in [1.82, 2.24) is 4.98 Å². The summed E-state index contributed by atoms with van der Waals surface area (Å²) in [5.41, 5.74) is 10.3. The summed E-state index contributed by atoms with van der Waals surface area (Å²) in [6.45, 7) is 2.07. The highest BCUT2D eigenvalue weighted by atomic mass is 79.9. The van der Waals surface area contributed by atoms with E-state index in [2.05, 4.69) is 66.8 Å². The Morgan fingerprint density at radius 2 is 1.72 bits per heavy atom. The lowest BCUT2D eigenvalue weighted by Gasteiger charge is -2.07. The normalized spacial score (nSPS) is 11.5. The molecule has 0 radical (unpaired) electrons. The second kappa shape index (κ2) is 6.41. The van der Waals surface area contributed by atoms with Crippen LogP contribution in [0.15, 0.2) is 54.2 Å². The maximum Gasteiger partial charge on any atom is 0.227 e. The predicted molar refractivity (Wildman–Crippen MR) is 114 cm³/mol. The Morgan fingerprint density at radius 3 is 2.48 bits per heavy atom. The maximum atomic E-state index is 6.20. The quantitative estimate of drug-likeness (QED) is 0.285. The number of aryl methyl sites for hydroxylation is 1. The van der Waals surface area contributed by atoms with E-state index in [1.165, 1.54) is 0 Å². The second-order valence-corrected chi connectivity index (χ2v) is 8.15. The van der Waals surface area contributed by atoms with E-state index in [1.807, 2.05) is 24.3 Å². The first-order valence-electron chi connectivity index (χ1n) is 7.76. The molecule has 6 heteroatoms. The fourth-order valence-corrected chi connectivity index (χ4v) is 4.94. The third kappa shape index (κ3) is 2.62. The Labute approximate surface area is 170 Å². The SMILES string of the molecule is CCc1c(Br)c(N)c(Br)c2nc(-c3cccc4c(Br)cccc34)oc12. The molecular weight excluding hydrogens is 512 g/mol. The standard InChI is InChI=1S/C19H13Br3N2O/c1-2-9-14(21)16(23)15(22)17-18(9)25-19(24-17)12-7-3-6-11-10(12)5-4-8-13(11)20/h3-8H,2,23H2,1H3.